The molecule has 16 heteroatoms. The Hall–Kier alpha value is -5.81. The SMILES string of the molecule is Cc1ccc(-c2ccn(CC(=O)O)c(=O)c2)c2c1Sc1ncccc1CNC(CCCN)C(=O)NC(CCCCN)C(=O)N(C)[C@@H](Cc1c[nH]c3ccccc13)C(=O)NC2. The van der Waals surface area contributed by atoms with Gasteiger partial charge in [-0.05, 0) is 104 Å². The Labute approximate surface area is 352 Å². The minimum atomic E-state index is -1.14. The third-order valence-corrected chi connectivity index (χ3v) is 12.2. The zero-order valence-corrected chi connectivity index (χ0v) is 34.7. The molecule has 15 nitrogen and oxygen atoms in total. The van der Waals surface area contributed by atoms with Gasteiger partial charge in [-0.15, -0.1) is 0 Å². The fraction of sp³-hybridized carbons (Fsp3) is 0.364. The van der Waals surface area contributed by atoms with Gasteiger partial charge in [-0.2, -0.15) is 0 Å². The summed E-state index contributed by atoms with van der Waals surface area (Å²) in [5.41, 5.74) is 16.6. The first-order valence-corrected chi connectivity index (χ1v) is 21.0. The maximum Gasteiger partial charge on any atom is 0.323 e. The summed E-state index contributed by atoms with van der Waals surface area (Å²) in [5.74, 6) is -2.32. The summed E-state index contributed by atoms with van der Waals surface area (Å²) in [4.78, 5) is 78.4. The second-order valence-corrected chi connectivity index (χ2v) is 16.0. The Bertz CT molecular complexity index is 2400. The molecule has 1 aliphatic rings. The van der Waals surface area contributed by atoms with Crippen molar-refractivity contribution in [2.24, 2.45) is 11.5 Å². The Morgan fingerprint density at radius 3 is 2.48 bits per heavy atom. The molecular weight excluding hydrogens is 783 g/mol. The predicted molar refractivity (Wildman–Crippen MR) is 231 cm³/mol. The maximum absolute atomic E-state index is 14.8. The molecule has 0 saturated heterocycles. The van der Waals surface area contributed by atoms with Crippen LogP contribution in [-0.4, -0.2) is 86.5 Å². The molecule has 0 radical (unpaired) electrons. The normalized spacial score (nSPS) is 18.0. The minimum Gasteiger partial charge on any atom is -0.480 e. The lowest BCUT2D eigenvalue weighted by molar-refractivity contribution is -0.142. The molecule has 3 atom stereocenters. The first kappa shape index (κ1) is 43.8. The molecule has 1 aliphatic heterocycles. The summed E-state index contributed by atoms with van der Waals surface area (Å²) in [6, 6.07) is 15.8. The van der Waals surface area contributed by atoms with Crippen molar-refractivity contribution in [3.8, 4) is 11.1 Å². The number of pyridine rings is 2. The molecule has 6 rings (SSSR count). The standard InChI is InChI=1S/C44H53N9O6S/c1-27-14-15-31(28-16-20-53(26-39(55)56)38(54)22-28)33-25-50-42(58)37(21-30-24-48-34-11-4-3-10-32(30)34)52(2)44(59)36(12-5-6-17-45)51-41(57)35(13-7-18-46)49-23-29-9-8-19-47-43(29)60-40(27)33/h3-4,8-11,14-16,19-20,22,24,35-37,48-49H,5-7,12-13,17-18,21,23,25-26,45-46H2,1-2H3,(H,50,58)(H,51,57)(H,55,56)/t35?,36?,37-/m0/s1. The van der Waals surface area contributed by atoms with Crippen LogP contribution in [0, 0.1) is 6.92 Å². The summed E-state index contributed by atoms with van der Waals surface area (Å²) < 4.78 is 1.11. The molecule has 2 aromatic carbocycles. The number of aromatic amines is 1. The van der Waals surface area contributed by atoms with Gasteiger partial charge in [0.15, 0.2) is 0 Å². The Morgan fingerprint density at radius 2 is 1.72 bits per heavy atom. The Kier molecular flexibility index (Phi) is 14.9. The summed E-state index contributed by atoms with van der Waals surface area (Å²) in [6.07, 6.45) is 7.69. The minimum absolute atomic E-state index is 0.0149. The van der Waals surface area contributed by atoms with E-state index >= 15 is 0 Å². The van der Waals surface area contributed by atoms with Crippen molar-refractivity contribution in [1.82, 2.24) is 35.4 Å². The number of benzene rings is 2. The predicted octanol–water partition coefficient (Wildman–Crippen LogP) is 3.45. The van der Waals surface area contributed by atoms with Crippen LogP contribution in [0.15, 0.2) is 94.0 Å². The number of unbranched alkanes of at least 4 members (excludes halogenated alkanes) is 1. The zero-order valence-electron chi connectivity index (χ0n) is 33.9. The quantitative estimate of drug-likeness (QED) is 0.0901. The molecule has 316 valence electrons. The number of nitrogens with two attached hydrogens (primary N) is 2. The summed E-state index contributed by atoms with van der Waals surface area (Å²) in [5, 5.41) is 20.5. The Morgan fingerprint density at radius 1 is 0.933 bits per heavy atom. The fourth-order valence-corrected chi connectivity index (χ4v) is 8.65. The lowest BCUT2D eigenvalue weighted by atomic mass is 9.97. The molecule has 0 aliphatic carbocycles. The van der Waals surface area contributed by atoms with Gasteiger partial charge in [-0.25, -0.2) is 4.98 Å². The van der Waals surface area contributed by atoms with E-state index in [1.54, 1.807) is 19.3 Å². The smallest absolute Gasteiger partial charge is 0.323 e. The third kappa shape index (κ3) is 10.5. The van der Waals surface area contributed by atoms with Crippen LogP contribution in [0.2, 0.25) is 0 Å². The van der Waals surface area contributed by atoms with E-state index in [-0.39, 0.29) is 25.4 Å². The summed E-state index contributed by atoms with van der Waals surface area (Å²) >= 11 is 1.41. The van der Waals surface area contributed by atoms with Crippen LogP contribution in [0.1, 0.15) is 54.4 Å². The zero-order chi connectivity index (χ0) is 42.8. The summed E-state index contributed by atoms with van der Waals surface area (Å²) in [6.45, 7) is 2.56. The van der Waals surface area contributed by atoms with Crippen molar-refractivity contribution >= 4 is 46.4 Å². The molecule has 9 N–H and O–H groups in total. The van der Waals surface area contributed by atoms with Gasteiger partial charge in [-0.1, -0.05) is 48.2 Å². The van der Waals surface area contributed by atoms with E-state index in [4.69, 9.17) is 16.5 Å². The lowest BCUT2D eigenvalue weighted by Gasteiger charge is -2.32. The van der Waals surface area contributed by atoms with E-state index in [0.29, 0.717) is 66.9 Å². The first-order chi connectivity index (χ1) is 29.0. The number of fused-ring (bicyclic) bond motifs is 3. The van der Waals surface area contributed by atoms with Crippen molar-refractivity contribution < 1.29 is 24.3 Å². The van der Waals surface area contributed by atoms with Gasteiger partial charge < -0.3 is 47.0 Å². The Balaban J connectivity index is 1.49. The number of carboxylic acids is 1. The fourth-order valence-electron chi connectivity index (χ4n) is 7.54. The van der Waals surface area contributed by atoms with Gasteiger partial charge in [0.1, 0.15) is 23.7 Å². The van der Waals surface area contributed by atoms with Crippen LogP contribution in [0.3, 0.4) is 0 Å². The number of nitrogens with one attached hydrogen (secondary N) is 4. The van der Waals surface area contributed by atoms with Crippen LogP contribution in [-0.2, 0) is 45.2 Å². The van der Waals surface area contributed by atoms with Crippen LogP contribution in [0.4, 0.5) is 0 Å². The van der Waals surface area contributed by atoms with Crippen molar-refractivity contribution in [3.05, 3.63) is 112 Å². The lowest BCUT2D eigenvalue weighted by Crippen LogP contribution is -2.57. The molecule has 5 aromatic rings. The second kappa shape index (κ2) is 20.4. The van der Waals surface area contributed by atoms with Crippen molar-refractivity contribution in [3.63, 3.8) is 0 Å². The van der Waals surface area contributed by atoms with E-state index in [0.717, 1.165) is 37.1 Å². The van der Waals surface area contributed by atoms with E-state index in [1.807, 2.05) is 61.7 Å². The second-order valence-electron chi connectivity index (χ2n) is 15.0. The van der Waals surface area contributed by atoms with E-state index in [9.17, 15) is 29.1 Å². The molecule has 3 amide bonds. The number of para-hydroxylation sites is 1. The van der Waals surface area contributed by atoms with E-state index in [2.05, 4.69) is 20.9 Å². The van der Waals surface area contributed by atoms with Crippen molar-refractivity contribution in [2.45, 2.75) is 93.1 Å². The highest BCUT2D eigenvalue weighted by molar-refractivity contribution is 7.99. The number of carboxylic acid groups (broad SMARTS) is 1. The van der Waals surface area contributed by atoms with E-state index < -0.39 is 48.0 Å². The molecule has 0 saturated carbocycles. The molecule has 3 aromatic heterocycles. The summed E-state index contributed by atoms with van der Waals surface area (Å²) in [7, 11) is 1.59. The molecule has 0 fully saturated rings. The number of carbonyl (C=O) groups is 4. The number of carbonyl (C=O) groups excluding carboxylic acids is 3. The molecular formula is C44H53N9O6S. The van der Waals surface area contributed by atoms with Crippen molar-refractivity contribution in [1.29, 1.82) is 0 Å². The van der Waals surface area contributed by atoms with Gasteiger partial charge in [0.2, 0.25) is 17.7 Å². The number of hydrogen-bond acceptors (Lipinski definition) is 10. The number of aryl methyl sites for hydroxylation is 1. The monoisotopic (exact) mass is 835 g/mol. The number of likely N-dealkylation sites (N-methyl/N-ethyl adjacent to an activating group) is 1. The highest BCUT2D eigenvalue weighted by Gasteiger charge is 2.34. The van der Waals surface area contributed by atoms with E-state index in [1.165, 1.54) is 28.9 Å². The van der Waals surface area contributed by atoms with Gasteiger partial charge in [0.25, 0.3) is 5.56 Å². The number of aliphatic carboxylic acids is 1. The van der Waals surface area contributed by atoms with Crippen LogP contribution >= 0.6 is 11.8 Å². The molecule has 60 heavy (non-hydrogen) atoms. The maximum atomic E-state index is 14.8. The average Bonchev–Trinajstić information content (AvgIpc) is 3.65. The largest absolute Gasteiger partial charge is 0.480 e. The van der Waals surface area contributed by atoms with Gasteiger partial charge in [0.05, 0.1) is 6.04 Å². The topological polar surface area (TPSA) is 231 Å². The van der Waals surface area contributed by atoms with Crippen LogP contribution in [0.25, 0.3) is 22.0 Å². The average molecular weight is 836 g/mol. The first-order valence-electron chi connectivity index (χ1n) is 20.2. The highest BCUT2D eigenvalue weighted by Crippen LogP contribution is 2.39. The number of hydrogen-bond donors (Lipinski definition) is 7. The number of H-pyrrole nitrogens is 1. The van der Waals surface area contributed by atoms with Crippen molar-refractivity contribution in [2.75, 3.05) is 20.1 Å². The van der Waals surface area contributed by atoms with Gasteiger partial charge in [-0.3, -0.25) is 24.0 Å². The number of rotatable bonds is 12. The third-order valence-electron chi connectivity index (χ3n) is 10.9. The highest BCUT2D eigenvalue weighted by atomic mass is 32.2. The van der Waals surface area contributed by atoms with Crippen LogP contribution in [0.5, 0.6) is 0 Å². The van der Waals surface area contributed by atoms with Gasteiger partial charge >= 0.3 is 5.97 Å². The number of amides is 3. The van der Waals surface area contributed by atoms with Gasteiger partial charge in [0, 0.05) is 67.0 Å². The molecule has 2 unspecified atom stereocenters. The molecule has 4 heterocycles. The molecule has 0 spiro atoms. The van der Waals surface area contributed by atoms with Crippen LogP contribution < -0.4 is 33.0 Å². The number of nitrogens with zero attached hydrogens (tertiary/aromatic N) is 3. The number of aromatic nitrogens is 3. The molecule has 0 bridgehead atoms.